The van der Waals surface area contributed by atoms with E-state index in [0.717, 1.165) is 30.6 Å². The summed E-state index contributed by atoms with van der Waals surface area (Å²) in [5, 5.41) is 9.97. The first-order valence-corrected chi connectivity index (χ1v) is 7.79. The van der Waals surface area contributed by atoms with Crippen molar-refractivity contribution in [2.75, 3.05) is 11.4 Å². The Labute approximate surface area is 121 Å². The van der Waals surface area contributed by atoms with Gasteiger partial charge in [-0.15, -0.1) is 0 Å². The Morgan fingerprint density at radius 1 is 1.40 bits per heavy atom. The number of rotatable bonds is 4. The fourth-order valence-corrected chi connectivity index (χ4v) is 3.22. The molecule has 0 aromatic heterocycles. The molecule has 1 aliphatic rings. The van der Waals surface area contributed by atoms with E-state index < -0.39 is 6.10 Å². The van der Waals surface area contributed by atoms with Crippen molar-refractivity contribution in [2.45, 2.75) is 65.0 Å². The maximum atomic E-state index is 13.8. The van der Waals surface area contributed by atoms with Crippen molar-refractivity contribution in [1.29, 1.82) is 0 Å². The molecule has 0 radical (unpaired) electrons. The third-order valence-electron chi connectivity index (χ3n) is 4.32. The molecule has 20 heavy (non-hydrogen) atoms. The van der Waals surface area contributed by atoms with Crippen LogP contribution in [0.5, 0.6) is 0 Å². The van der Waals surface area contributed by atoms with Gasteiger partial charge in [0, 0.05) is 23.8 Å². The molecule has 0 amide bonds. The van der Waals surface area contributed by atoms with Crippen LogP contribution in [0.3, 0.4) is 0 Å². The van der Waals surface area contributed by atoms with Gasteiger partial charge in [-0.05, 0) is 57.2 Å². The number of aryl methyl sites for hydroxylation is 1. The smallest absolute Gasteiger partial charge is 0.126 e. The van der Waals surface area contributed by atoms with Gasteiger partial charge in [-0.25, -0.2) is 4.39 Å². The Balaban J connectivity index is 2.40. The SMILES string of the molecule is CCCC1CCCCN1c1cc(C)c(F)cc1[C@@H](C)O. The van der Waals surface area contributed by atoms with Crippen LogP contribution < -0.4 is 4.90 Å². The average Bonchev–Trinajstić information content (AvgIpc) is 2.42. The van der Waals surface area contributed by atoms with E-state index in [1.165, 1.54) is 25.3 Å². The van der Waals surface area contributed by atoms with E-state index >= 15 is 0 Å². The zero-order chi connectivity index (χ0) is 14.7. The number of halogens is 1. The average molecular weight is 279 g/mol. The van der Waals surface area contributed by atoms with Crippen molar-refractivity contribution < 1.29 is 9.50 Å². The minimum Gasteiger partial charge on any atom is -0.389 e. The quantitative estimate of drug-likeness (QED) is 0.886. The maximum Gasteiger partial charge on any atom is 0.126 e. The highest BCUT2D eigenvalue weighted by Crippen LogP contribution is 2.34. The lowest BCUT2D eigenvalue weighted by Gasteiger charge is -2.39. The van der Waals surface area contributed by atoms with E-state index in [2.05, 4.69) is 11.8 Å². The first-order chi connectivity index (χ1) is 9.54. The Morgan fingerprint density at radius 3 is 2.80 bits per heavy atom. The van der Waals surface area contributed by atoms with Gasteiger partial charge in [0.2, 0.25) is 0 Å². The second kappa shape index (κ2) is 6.57. The minimum atomic E-state index is -0.635. The Kier molecular flexibility index (Phi) is 5.03. The predicted octanol–water partition coefficient (Wildman–Crippen LogP) is 4.35. The van der Waals surface area contributed by atoms with Crippen molar-refractivity contribution in [2.24, 2.45) is 0 Å². The topological polar surface area (TPSA) is 23.5 Å². The van der Waals surface area contributed by atoms with E-state index in [4.69, 9.17) is 0 Å². The van der Waals surface area contributed by atoms with Crippen LogP contribution >= 0.6 is 0 Å². The number of nitrogens with zero attached hydrogens (tertiary/aromatic N) is 1. The first kappa shape index (κ1) is 15.3. The zero-order valence-electron chi connectivity index (χ0n) is 12.8. The Hall–Kier alpha value is -1.09. The lowest BCUT2D eigenvalue weighted by atomic mass is 9.95. The van der Waals surface area contributed by atoms with Gasteiger partial charge in [0.15, 0.2) is 0 Å². The molecule has 0 spiro atoms. The van der Waals surface area contributed by atoms with Gasteiger partial charge in [0.1, 0.15) is 5.82 Å². The van der Waals surface area contributed by atoms with Gasteiger partial charge in [0.25, 0.3) is 0 Å². The second-order valence-corrected chi connectivity index (χ2v) is 5.97. The normalized spacial score (nSPS) is 21.1. The van der Waals surface area contributed by atoms with Crippen molar-refractivity contribution in [3.63, 3.8) is 0 Å². The van der Waals surface area contributed by atoms with E-state index in [0.29, 0.717) is 11.6 Å². The predicted molar refractivity (Wildman–Crippen MR) is 81.7 cm³/mol. The van der Waals surface area contributed by atoms with Gasteiger partial charge in [-0.3, -0.25) is 0 Å². The van der Waals surface area contributed by atoms with Crippen LogP contribution in [0.25, 0.3) is 0 Å². The highest BCUT2D eigenvalue weighted by atomic mass is 19.1. The standard InChI is InChI=1S/C17H26FNO/c1-4-7-14-8-5-6-9-19(14)17-10-12(2)16(18)11-15(17)13(3)20/h10-11,13-14,20H,4-9H2,1-3H3/t13-,14?/m1/s1. The molecule has 1 fully saturated rings. The highest BCUT2D eigenvalue weighted by Gasteiger charge is 2.25. The monoisotopic (exact) mass is 279 g/mol. The molecule has 0 aliphatic carbocycles. The molecule has 1 unspecified atom stereocenters. The molecule has 2 atom stereocenters. The van der Waals surface area contributed by atoms with E-state index in [1.54, 1.807) is 13.8 Å². The number of piperidine rings is 1. The molecule has 112 valence electrons. The number of hydrogen-bond acceptors (Lipinski definition) is 2. The van der Waals surface area contributed by atoms with Gasteiger partial charge in [-0.2, -0.15) is 0 Å². The van der Waals surface area contributed by atoms with Crippen LogP contribution in [0.1, 0.15) is 63.2 Å². The highest BCUT2D eigenvalue weighted by molar-refractivity contribution is 5.57. The summed E-state index contributed by atoms with van der Waals surface area (Å²) in [6, 6.07) is 3.94. The fraction of sp³-hybridized carbons (Fsp3) is 0.647. The molecule has 2 nitrogen and oxygen atoms in total. The fourth-order valence-electron chi connectivity index (χ4n) is 3.22. The van der Waals surface area contributed by atoms with Crippen LogP contribution in [-0.4, -0.2) is 17.7 Å². The number of aliphatic hydroxyl groups is 1. The number of hydrogen-bond donors (Lipinski definition) is 1. The summed E-state index contributed by atoms with van der Waals surface area (Å²) in [4.78, 5) is 2.39. The molecule has 1 aromatic carbocycles. The molecule has 0 bridgehead atoms. The molecule has 1 aromatic rings. The van der Waals surface area contributed by atoms with Crippen molar-refractivity contribution in [3.05, 3.63) is 29.1 Å². The van der Waals surface area contributed by atoms with Gasteiger partial charge in [-0.1, -0.05) is 13.3 Å². The van der Waals surface area contributed by atoms with E-state index in [-0.39, 0.29) is 5.82 Å². The molecular formula is C17H26FNO. The summed E-state index contributed by atoms with van der Waals surface area (Å²) in [6.07, 6.45) is 5.33. The lowest BCUT2D eigenvalue weighted by Crippen LogP contribution is -2.40. The molecule has 1 N–H and O–H groups in total. The molecule has 1 heterocycles. The lowest BCUT2D eigenvalue weighted by molar-refractivity contribution is 0.198. The molecule has 1 saturated heterocycles. The third-order valence-corrected chi connectivity index (χ3v) is 4.32. The summed E-state index contributed by atoms with van der Waals surface area (Å²) in [6.45, 7) is 6.73. The van der Waals surface area contributed by atoms with Crippen LogP contribution in [-0.2, 0) is 0 Å². The van der Waals surface area contributed by atoms with Crippen LogP contribution in [0, 0.1) is 12.7 Å². The molecule has 0 saturated carbocycles. The van der Waals surface area contributed by atoms with Gasteiger partial charge in [0.05, 0.1) is 6.10 Å². The summed E-state index contributed by atoms with van der Waals surface area (Å²) in [5.41, 5.74) is 2.40. The Bertz CT molecular complexity index is 457. The van der Waals surface area contributed by atoms with Crippen LogP contribution in [0.15, 0.2) is 12.1 Å². The first-order valence-electron chi connectivity index (χ1n) is 7.79. The van der Waals surface area contributed by atoms with Crippen molar-refractivity contribution in [3.8, 4) is 0 Å². The van der Waals surface area contributed by atoms with Crippen LogP contribution in [0.2, 0.25) is 0 Å². The maximum absolute atomic E-state index is 13.8. The molecule has 3 heteroatoms. The summed E-state index contributed by atoms with van der Waals surface area (Å²) in [5.74, 6) is -0.228. The van der Waals surface area contributed by atoms with Crippen LogP contribution in [0.4, 0.5) is 10.1 Å². The van der Waals surface area contributed by atoms with Crippen molar-refractivity contribution >= 4 is 5.69 Å². The van der Waals surface area contributed by atoms with Gasteiger partial charge >= 0.3 is 0 Å². The Morgan fingerprint density at radius 2 is 2.15 bits per heavy atom. The van der Waals surface area contributed by atoms with Crippen molar-refractivity contribution in [1.82, 2.24) is 0 Å². The minimum absolute atomic E-state index is 0.228. The van der Waals surface area contributed by atoms with Gasteiger partial charge < -0.3 is 10.0 Å². The number of benzene rings is 1. The number of aliphatic hydroxyl groups excluding tert-OH is 1. The zero-order valence-corrected chi connectivity index (χ0v) is 12.8. The summed E-state index contributed by atoms with van der Waals surface area (Å²) < 4.78 is 13.8. The molecule has 1 aliphatic heterocycles. The molecule has 2 rings (SSSR count). The largest absolute Gasteiger partial charge is 0.389 e. The van der Waals surface area contributed by atoms with E-state index in [1.807, 2.05) is 6.07 Å². The summed E-state index contributed by atoms with van der Waals surface area (Å²) in [7, 11) is 0. The number of anilines is 1. The van der Waals surface area contributed by atoms with E-state index in [9.17, 15) is 9.50 Å². The second-order valence-electron chi connectivity index (χ2n) is 5.97. The third kappa shape index (κ3) is 3.14. The summed E-state index contributed by atoms with van der Waals surface area (Å²) >= 11 is 0. The molecular weight excluding hydrogens is 253 g/mol.